The number of thiocarbonyl (C=S) groups is 1. The van der Waals surface area contributed by atoms with Gasteiger partial charge in [0.05, 0.1) is 5.70 Å². The Balaban J connectivity index is 1.31. The topological polar surface area (TPSA) is 73.1 Å². The Morgan fingerprint density at radius 3 is 2.29 bits per heavy atom. The zero-order valence-electron chi connectivity index (χ0n) is 22.4. The standard InChI is InChI=1S/C28H34N6O3S/c1-19-17-22(18-30-23(19)29-5)33-24(35)28(11-6-12-28)34(25(33)38)21-9-7-20(8-10-21)31-13-15-32(16-14-31)26(36)37-27(2,3)4/h7-10,18-19H,6,11-17H2,1-4H3. The van der Waals surface area contributed by atoms with E-state index in [4.69, 9.17) is 23.5 Å². The average molecular weight is 535 g/mol. The lowest BCUT2D eigenvalue weighted by atomic mass is 9.75. The molecule has 9 nitrogen and oxygen atoms in total. The maximum absolute atomic E-state index is 13.7. The molecule has 3 heterocycles. The molecule has 1 aromatic rings. The number of rotatable bonds is 3. The van der Waals surface area contributed by atoms with Crippen molar-refractivity contribution >= 4 is 46.5 Å². The molecule has 0 N–H and O–H groups in total. The Labute approximate surface area is 229 Å². The minimum Gasteiger partial charge on any atom is -0.444 e. The summed E-state index contributed by atoms with van der Waals surface area (Å²) in [5.74, 6) is 0.421. The number of piperazine rings is 1. The average Bonchev–Trinajstić information content (AvgIpc) is 3.10. The molecule has 10 heteroatoms. The Morgan fingerprint density at radius 1 is 1.13 bits per heavy atom. The number of ether oxygens (including phenoxy) is 1. The third-order valence-electron chi connectivity index (χ3n) is 7.70. The molecule has 3 fully saturated rings. The van der Waals surface area contributed by atoms with Gasteiger partial charge in [-0.15, -0.1) is 4.99 Å². The molecule has 2 saturated heterocycles. The Morgan fingerprint density at radius 2 is 1.76 bits per heavy atom. The molecule has 0 bridgehead atoms. The van der Waals surface area contributed by atoms with E-state index < -0.39 is 11.1 Å². The van der Waals surface area contributed by atoms with Crippen molar-refractivity contribution in [2.24, 2.45) is 10.9 Å². The number of allylic oxidation sites excluding steroid dienone is 1. The van der Waals surface area contributed by atoms with E-state index in [0.717, 1.165) is 49.4 Å². The lowest BCUT2D eigenvalue weighted by molar-refractivity contribution is -0.131. The van der Waals surface area contributed by atoms with Crippen LogP contribution in [0.1, 0.15) is 53.4 Å². The molecule has 5 rings (SSSR count). The first kappa shape index (κ1) is 26.2. The number of carbonyl (C=O) groups excluding carboxylic acids is 2. The van der Waals surface area contributed by atoms with Crippen LogP contribution in [0.2, 0.25) is 0 Å². The normalized spacial score (nSPS) is 23.2. The minimum atomic E-state index is -0.647. The Kier molecular flexibility index (Phi) is 6.68. The van der Waals surface area contributed by atoms with E-state index in [2.05, 4.69) is 26.9 Å². The third-order valence-corrected chi connectivity index (χ3v) is 8.07. The molecule has 3 aliphatic heterocycles. The van der Waals surface area contributed by atoms with Crippen LogP contribution in [0.15, 0.2) is 41.2 Å². The van der Waals surface area contributed by atoms with Gasteiger partial charge in [0, 0.05) is 43.5 Å². The summed E-state index contributed by atoms with van der Waals surface area (Å²) in [6.45, 7) is 17.5. The highest BCUT2D eigenvalue weighted by molar-refractivity contribution is 7.80. The van der Waals surface area contributed by atoms with Gasteiger partial charge in [0.15, 0.2) is 5.11 Å². The lowest BCUT2D eigenvalue weighted by Crippen LogP contribution is -2.55. The molecule has 1 aliphatic carbocycles. The van der Waals surface area contributed by atoms with Gasteiger partial charge >= 0.3 is 6.09 Å². The van der Waals surface area contributed by atoms with E-state index in [9.17, 15) is 9.59 Å². The smallest absolute Gasteiger partial charge is 0.410 e. The van der Waals surface area contributed by atoms with Crippen LogP contribution in [0.25, 0.3) is 4.85 Å². The maximum atomic E-state index is 13.7. The summed E-state index contributed by atoms with van der Waals surface area (Å²) < 4.78 is 5.51. The number of benzene rings is 1. The van der Waals surface area contributed by atoms with Gasteiger partial charge in [-0.1, -0.05) is 13.5 Å². The number of aliphatic imine (C=N–C) groups is 1. The molecule has 1 unspecified atom stereocenters. The molecule has 1 aromatic carbocycles. The first-order chi connectivity index (χ1) is 18.0. The highest BCUT2D eigenvalue weighted by Gasteiger charge is 2.60. The summed E-state index contributed by atoms with van der Waals surface area (Å²) in [6, 6.07) is 8.20. The van der Waals surface area contributed by atoms with Crippen molar-refractivity contribution in [2.45, 2.75) is 64.5 Å². The maximum Gasteiger partial charge on any atom is 0.410 e. The molecule has 1 saturated carbocycles. The van der Waals surface area contributed by atoms with Gasteiger partial charge in [0.1, 0.15) is 17.3 Å². The minimum absolute atomic E-state index is 0.0102. The van der Waals surface area contributed by atoms with Crippen LogP contribution in [-0.2, 0) is 9.53 Å². The number of hydrogen-bond donors (Lipinski definition) is 0. The summed E-state index contributed by atoms with van der Waals surface area (Å²) in [4.78, 5) is 41.6. The quantitative estimate of drug-likeness (QED) is 0.410. The van der Waals surface area contributed by atoms with Gasteiger partial charge in [-0.25, -0.2) is 4.79 Å². The van der Waals surface area contributed by atoms with Crippen LogP contribution in [0.3, 0.4) is 0 Å². The molecule has 2 amide bonds. The lowest BCUT2D eigenvalue weighted by Gasteiger charge is -2.43. The van der Waals surface area contributed by atoms with Crippen LogP contribution >= 0.6 is 12.2 Å². The van der Waals surface area contributed by atoms with Gasteiger partial charge in [0.25, 0.3) is 5.91 Å². The second-order valence-electron chi connectivity index (χ2n) is 11.4. The SMILES string of the molecule is [C-]#[N+]C1=NC=C(N2C(=O)C3(CCC3)N(c3ccc(N4CCN(C(=O)OC(C)(C)C)CC4)cc3)C2=S)CC1C. The number of amides is 2. The van der Waals surface area contributed by atoms with Crippen LogP contribution in [0, 0.1) is 12.5 Å². The summed E-state index contributed by atoms with van der Waals surface area (Å²) in [7, 11) is 0. The van der Waals surface area contributed by atoms with Crippen molar-refractivity contribution in [3.63, 3.8) is 0 Å². The predicted molar refractivity (Wildman–Crippen MR) is 151 cm³/mol. The first-order valence-electron chi connectivity index (χ1n) is 13.2. The van der Waals surface area contributed by atoms with E-state index in [-0.39, 0.29) is 17.9 Å². The van der Waals surface area contributed by atoms with Crippen LogP contribution in [0.5, 0.6) is 0 Å². The Bertz CT molecular complexity index is 1250. The monoisotopic (exact) mass is 534 g/mol. The van der Waals surface area contributed by atoms with Crippen molar-refractivity contribution in [3.8, 4) is 0 Å². The van der Waals surface area contributed by atoms with Crippen molar-refractivity contribution in [1.29, 1.82) is 0 Å². The highest BCUT2D eigenvalue weighted by atomic mass is 32.1. The molecule has 1 atom stereocenters. The fraction of sp³-hybridized carbons (Fsp3) is 0.536. The van der Waals surface area contributed by atoms with E-state index >= 15 is 0 Å². The van der Waals surface area contributed by atoms with Gasteiger partial charge < -0.3 is 24.3 Å². The largest absolute Gasteiger partial charge is 0.444 e. The van der Waals surface area contributed by atoms with Crippen LogP contribution in [-0.4, -0.2) is 70.1 Å². The van der Waals surface area contributed by atoms with Gasteiger partial charge in [-0.05, 0) is 82.9 Å². The molecule has 4 aliphatic rings. The van der Waals surface area contributed by atoms with Crippen molar-refractivity contribution in [2.75, 3.05) is 36.0 Å². The molecular weight excluding hydrogens is 500 g/mol. The molecular formula is C28H34N6O3S. The fourth-order valence-corrected chi connectivity index (χ4v) is 6.01. The number of carbonyl (C=O) groups is 2. The summed E-state index contributed by atoms with van der Waals surface area (Å²) in [5, 5.41) is 0.480. The number of nitrogens with zero attached hydrogens (tertiary/aromatic N) is 6. The predicted octanol–water partition coefficient (Wildman–Crippen LogP) is 4.80. The van der Waals surface area contributed by atoms with E-state index in [1.807, 2.05) is 44.7 Å². The van der Waals surface area contributed by atoms with E-state index in [1.54, 1.807) is 16.0 Å². The summed E-state index contributed by atoms with van der Waals surface area (Å²) in [6.07, 6.45) is 4.42. The third kappa shape index (κ3) is 4.53. The molecule has 0 radical (unpaired) electrons. The molecule has 1 spiro atoms. The van der Waals surface area contributed by atoms with Gasteiger partial charge in [0.2, 0.25) is 5.84 Å². The van der Waals surface area contributed by atoms with E-state index in [0.29, 0.717) is 30.5 Å². The van der Waals surface area contributed by atoms with Gasteiger partial charge in [-0.2, -0.15) is 0 Å². The summed E-state index contributed by atoms with van der Waals surface area (Å²) in [5.41, 5.74) is 1.57. The number of amidine groups is 1. The van der Waals surface area contributed by atoms with Crippen molar-refractivity contribution in [1.82, 2.24) is 9.80 Å². The summed E-state index contributed by atoms with van der Waals surface area (Å²) >= 11 is 5.90. The van der Waals surface area contributed by atoms with Gasteiger partial charge in [-0.3, -0.25) is 9.69 Å². The fourth-order valence-electron chi connectivity index (χ4n) is 5.53. The van der Waals surface area contributed by atoms with Crippen molar-refractivity contribution in [3.05, 3.63) is 47.6 Å². The van der Waals surface area contributed by atoms with Crippen LogP contribution < -0.4 is 9.80 Å². The zero-order chi connectivity index (χ0) is 27.2. The molecule has 38 heavy (non-hydrogen) atoms. The molecule has 0 aromatic heterocycles. The highest BCUT2D eigenvalue weighted by Crippen LogP contribution is 2.48. The Hall–Kier alpha value is -3.45. The van der Waals surface area contributed by atoms with Crippen LogP contribution in [0.4, 0.5) is 16.2 Å². The second-order valence-corrected chi connectivity index (χ2v) is 11.8. The number of hydrogen-bond acceptors (Lipinski definition) is 6. The molecule has 200 valence electrons. The second kappa shape index (κ2) is 9.70. The number of anilines is 2. The van der Waals surface area contributed by atoms with Crippen molar-refractivity contribution < 1.29 is 14.3 Å². The first-order valence-corrected chi connectivity index (χ1v) is 13.6. The van der Waals surface area contributed by atoms with E-state index in [1.165, 1.54) is 0 Å². The zero-order valence-corrected chi connectivity index (χ0v) is 23.3.